The molecule has 48 heavy (non-hydrogen) atoms. The molecule has 8 rings (SSSR count). The van der Waals surface area contributed by atoms with Crippen molar-refractivity contribution < 1.29 is 32.5 Å². The number of amides is 1. The minimum absolute atomic E-state index is 0.00725. The zero-order valence-corrected chi connectivity index (χ0v) is 27.6. The highest BCUT2D eigenvalue weighted by Crippen LogP contribution is 2.49. The van der Waals surface area contributed by atoms with Crippen LogP contribution in [0.3, 0.4) is 0 Å². The van der Waals surface area contributed by atoms with E-state index in [1.165, 1.54) is 0 Å². The lowest BCUT2D eigenvalue weighted by Gasteiger charge is -2.37. The first-order valence-electron chi connectivity index (χ1n) is 16.1. The Kier molecular flexibility index (Phi) is 7.52. The number of hydrogen-bond donors (Lipinski definition) is 1. The Hall–Kier alpha value is -4.03. The van der Waals surface area contributed by atoms with Gasteiger partial charge in [-0.15, -0.1) is 11.3 Å². The van der Waals surface area contributed by atoms with Crippen LogP contribution < -0.4 is 10.1 Å². The van der Waals surface area contributed by atoms with Crippen LogP contribution in [0.2, 0.25) is 0 Å². The maximum absolute atomic E-state index is 16.8. The van der Waals surface area contributed by atoms with Gasteiger partial charge in [0.25, 0.3) is 0 Å². The van der Waals surface area contributed by atoms with Gasteiger partial charge in [-0.3, -0.25) is 15.2 Å². The van der Waals surface area contributed by atoms with Crippen molar-refractivity contribution in [3.8, 4) is 23.3 Å². The summed E-state index contributed by atoms with van der Waals surface area (Å²) in [5, 5.41) is 13.4. The first-order chi connectivity index (χ1) is 23.0. The number of pyridine rings is 1. The molecule has 0 spiro atoms. The van der Waals surface area contributed by atoms with Crippen LogP contribution in [0.25, 0.3) is 32.2 Å². The number of nitrogens with zero attached hydrogens (tertiary/aromatic N) is 5. The zero-order chi connectivity index (χ0) is 33.4. The summed E-state index contributed by atoms with van der Waals surface area (Å²) >= 11 is 0.855. The number of nitrogens with one attached hydrogen (secondary N) is 1. The molecule has 6 heterocycles. The van der Waals surface area contributed by atoms with Gasteiger partial charge < -0.3 is 18.9 Å². The van der Waals surface area contributed by atoms with Crippen LogP contribution in [0, 0.1) is 28.4 Å². The third kappa shape index (κ3) is 5.42. The monoisotopic (exact) mass is 676 g/mol. The third-order valence-electron chi connectivity index (χ3n) is 9.68. The molecule has 3 fully saturated rings. The number of hydrogen-bond acceptors (Lipinski definition) is 11. The Balaban J connectivity index is 1.16. The Morgan fingerprint density at radius 3 is 2.60 bits per heavy atom. The average Bonchev–Trinajstić information content (AvgIpc) is 3.35. The quantitative estimate of drug-likeness (QED) is 0.233. The molecule has 1 N–H and O–H groups in total. The van der Waals surface area contributed by atoms with E-state index < -0.39 is 23.3 Å². The fourth-order valence-electron chi connectivity index (χ4n) is 7.16. The van der Waals surface area contributed by atoms with Gasteiger partial charge in [-0.05, 0) is 57.6 Å². The maximum Gasteiger partial charge on any atom is 0.412 e. The van der Waals surface area contributed by atoms with E-state index in [1.54, 1.807) is 27.0 Å². The van der Waals surface area contributed by atoms with Crippen molar-refractivity contribution in [3.05, 3.63) is 40.7 Å². The highest BCUT2D eigenvalue weighted by atomic mass is 32.1. The van der Waals surface area contributed by atoms with E-state index in [0.717, 1.165) is 63.0 Å². The summed E-state index contributed by atoms with van der Waals surface area (Å²) in [4.78, 5) is 28.5. The fourth-order valence-corrected chi connectivity index (χ4v) is 8.20. The molecule has 3 aromatic heterocycles. The van der Waals surface area contributed by atoms with Crippen molar-refractivity contribution >= 4 is 43.4 Å². The van der Waals surface area contributed by atoms with Gasteiger partial charge in [-0.2, -0.15) is 10.2 Å². The van der Waals surface area contributed by atoms with Crippen molar-refractivity contribution in [3.63, 3.8) is 0 Å². The van der Waals surface area contributed by atoms with Gasteiger partial charge in [0.2, 0.25) is 0 Å². The van der Waals surface area contributed by atoms with E-state index in [4.69, 9.17) is 18.9 Å². The molecular weight excluding hydrogens is 642 g/mol. The number of benzene rings is 1. The SMILES string of the molecule is CC(C)(C)OC(=O)Nc1sc2c(F)cnc(-c3c4c(c5cnc(OCC6(CN7C8CCC7COC8)CC6)nc5c3F)COC4)c2c1C#N. The molecule has 1 aliphatic carbocycles. The summed E-state index contributed by atoms with van der Waals surface area (Å²) in [7, 11) is 0. The van der Waals surface area contributed by atoms with Gasteiger partial charge in [0, 0.05) is 46.6 Å². The number of morpholine rings is 1. The molecule has 2 bridgehead atoms. The summed E-state index contributed by atoms with van der Waals surface area (Å²) < 4.78 is 55.1. The second-order valence-corrected chi connectivity index (χ2v) is 15.2. The van der Waals surface area contributed by atoms with Gasteiger partial charge in [-0.1, -0.05) is 0 Å². The van der Waals surface area contributed by atoms with Crippen LogP contribution in [0.1, 0.15) is 63.1 Å². The van der Waals surface area contributed by atoms with Gasteiger partial charge in [0.1, 0.15) is 22.2 Å². The number of carbonyl (C=O) groups is 1. The lowest BCUT2D eigenvalue weighted by Crippen LogP contribution is -2.49. The largest absolute Gasteiger partial charge is 0.463 e. The second kappa shape index (κ2) is 11.5. The fraction of sp³-hybridized carbons (Fsp3) is 0.500. The molecule has 3 aliphatic heterocycles. The predicted molar refractivity (Wildman–Crippen MR) is 173 cm³/mol. The molecule has 4 aromatic rings. The summed E-state index contributed by atoms with van der Waals surface area (Å²) in [5.74, 6) is -1.41. The number of halogens is 2. The van der Waals surface area contributed by atoms with E-state index >= 15 is 8.78 Å². The van der Waals surface area contributed by atoms with E-state index in [0.29, 0.717) is 35.2 Å². The van der Waals surface area contributed by atoms with Crippen LogP contribution in [0.4, 0.5) is 18.6 Å². The summed E-state index contributed by atoms with van der Waals surface area (Å²) in [6.45, 7) is 8.28. The van der Waals surface area contributed by atoms with Gasteiger partial charge in [0.05, 0.1) is 55.2 Å². The van der Waals surface area contributed by atoms with Crippen LogP contribution in [-0.2, 0) is 27.4 Å². The first kappa shape index (κ1) is 31.3. The molecule has 4 aliphatic rings. The number of rotatable bonds is 7. The first-order valence-corrected chi connectivity index (χ1v) is 16.9. The van der Waals surface area contributed by atoms with Crippen molar-refractivity contribution in [2.45, 2.75) is 77.4 Å². The standard InChI is InChI=1S/C34H34F2N6O5S/c1-33(2,3)47-32(43)41-30-19(8-37)25-28(38-10-23(35)29(25)48-30)24-22-14-45-13-21(22)20-9-39-31(40-27(20)26(24)36)46-16-34(6-7-34)15-42-17-4-5-18(42)12-44-11-17/h9-10,17-18H,4-7,11-16H2,1-3H3,(H,41,43). The van der Waals surface area contributed by atoms with Crippen LogP contribution >= 0.6 is 11.3 Å². The van der Waals surface area contributed by atoms with Gasteiger partial charge in [0.15, 0.2) is 11.6 Å². The molecule has 1 saturated carbocycles. The Labute approximate surface area is 279 Å². The van der Waals surface area contributed by atoms with E-state index in [-0.39, 0.29) is 62.1 Å². The van der Waals surface area contributed by atoms with Crippen LogP contribution in [-0.4, -0.2) is 70.0 Å². The predicted octanol–water partition coefficient (Wildman–Crippen LogP) is 6.46. The molecule has 11 nitrogen and oxygen atoms in total. The van der Waals surface area contributed by atoms with Gasteiger partial charge in [-0.25, -0.2) is 18.6 Å². The second-order valence-electron chi connectivity index (χ2n) is 14.1. The number of fused-ring (bicyclic) bond motifs is 6. The molecule has 2 saturated heterocycles. The molecule has 0 radical (unpaired) electrons. The lowest BCUT2D eigenvalue weighted by molar-refractivity contribution is -0.0271. The van der Waals surface area contributed by atoms with Gasteiger partial charge >= 0.3 is 12.1 Å². The third-order valence-corrected chi connectivity index (χ3v) is 10.8. The highest BCUT2D eigenvalue weighted by Gasteiger charge is 2.49. The van der Waals surface area contributed by atoms with E-state index in [1.807, 2.05) is 0 Å². The smallest absolute Gasteiger partial charge is 0.412 e. The van der Waals surface area contributed by atoms with E-state index in [2.05, 4.69) is 31.2 Å². The molecule has 14 heteroatoms. The number of aromatic nitrogens is 3. The summed E-state index contributed by atoms with van der Waals surface area (Å²) in [6, 6.07) is 3.03. The normalized spacial score (nSPS) is 21.3. The summed E-state index contributed by atoms with van der Waals surface area (Å²) in [5.41, 5.74) is 0.501. The minimum Gasteiger partial charge on any atom is -0.463 e. The number of thiophene rings is 1. The Morgan fingerprint density at radius 2 is 1.90 bits per heavy atom. The van der Waals surface area contributed by atoms with Crippen molar-refractivity contribution in [1.29, 1.82) is 5.26 Å². The Morgan fingerprint density at radius 1 is 1.15 bits per heavy atom. The molecule has 1 aromatic carbocycles. The van der Waals surface area contributed by atoms with Crippen molar-refractivity contribution in [2.24, 2.45) is 5.41 Å². The van der Waals surface area contributed by atoms with Crippen molar-refractivity contribution in [2.75, 3.05) is 31.7 Å². The molecule has 1 amide bonds. The molecule has 250 valence electrons. The molecule has 2 unspecified atom stereocenters. The number of anilines is 1. The number of carbonyl (C=O) groups excluding carboxylic acids is 1. The maximum atomic E-state index is 16.8. The molecular formula is C34H34F2N6O5S. The van der Waals surface area contributed by atoms with Crippen LogP contribution in [0.5, 0.6) is 6.01 Å². The lowest BCUT2D eigenvalue weighted by atomic mass is 9.94. The number of ether oxygens (including phenoxy) is 4. The topological polar surface area (TPSA) is 132 Å². The minimum atomic E-state index is -0.804. The van der Waals surface area contributed by atoms with E-state index in [9.17, 15) is 10.1 Å². The van der Waals surface area contributed by atoms with Crippen LogP contribution in [0.15, 0.2) is 12.4 Å². The summed E-state index contributed by atoms with van der Waals surface area (Å²) in [6.07, 6.45) is 6.14. The zero-order valence-electron chi connectivity index (χ0n) is 26.8. The molecule has 2 atom stereocenters. The average molecular weight is 677 g/mol. The Bertz CT molecular complexity index is 2000. The number of nitriles is 1. The van der Waals surface area contributed by atoms with Crippen molar-refractivity contribution in [1.82, 2.24) is 19.9 Å². The highest BCUT2D eigenvalue weighted by molar-refractivity contribution is 7.23.